The fourth-order valence-electron chi connectivity index (χ4n) is 3.46. The first-order valence-corrected chi connectivity index (χ1v) is 10.6. The fourth-order valence-corrected chi connectivity index (χ4v) is 3.84. The number of nitrogens with zero attached hydrogens (tertiary/aromatic N) is 1. The molecule has 0 bridgehead atoms. The second-order valence-corrected chi connectivity index (χ2v) is 8.23. The molecule has 0 spiro atoms. The van der Waals surface area contributed by atoms with Gasteiger partial charge in [0.1, 0.15) is 11.5 Å². The molecule has 0 unspecified atom stereocenters. The Morgan fingerprint density at radius 1 is 1.06 bits per heavy atom. The van der Waals surface area contributed by atoms with Gasteiger partial charge in [0, 0.05) is 23.7 Å². The molecule has 1 N–H and O–H groups in total. The van der Waals surface area contributed by atoms with Crippen LogP contribution < -0.4 is 15.0 Å². The highest BCUT2D eigenvalue weighted by Gasteiger charge is 2.36. The Morgan fingerprint density at radius 2 is 1.81 bits per heavy atom. The van der Waals surface area contributed by atoms with Gasteiger partial charge in [0.2, 0.25) is 11.8 Å². The van der Waals surface area contributed by atoms with Crippen LogP contribution in [-0.4, -0.2) is 18.4 Å². The van der Waals surface area contributed by atoms with Crippen molar-refractivity contribution in [3.8, 4) is 11.5 Å². The van der Waals surface area contributed by atoms with Gasteiger partial charge in [-0.25, -0.2) is 0 Å². The molecule has 3 aromatic carbocycles. The summed E-state index contributed by atoms with van der Waals surface area (Å²) in [6, 6.07) is 19.8. The molecule has 1 aliphatic heterocycles. The lowest BCUT2D eigenvalue weighted by Gasteiger charge is -2.18. The smallest absolute Gasteiger partial charge is 0.229 e. The monoisotopic (exact) mass is 454 g/mol. The van der Waals surface area contributed by atoms with Crippen LogP contribution in [0.4, 0.5) is 11.4 Å². The lowest BCUT2D eigenvalue weighted by molar-refractivity contribution is -0.122. The number of amides is 2. The van der Waals surface area contributed by atoms with Crippen LogP contribution in [0.3, 0.4) is 0 Å². The highest BCUT2D eigenvalue weighted by atomic mass is 35.5. The van der Waals surface area contributed by atoms with Crippen LogP contribution in [0.2, 0.25) is 10.0 Å². The van der Waals surface area contributed by atoms with Crippen molar-refractivity contribution in [3.63, 3.8) is 0 Å². The van der Waals surface area contributed by atoms with Crippen LogP contribution in [0.15, 0.2) is 66.7 Å². The Hall–Kier alpha value is -3.02. The van der Waals surface area contributed by atoms with Gasteiger partial charge in [0.15, 0.2) is 0 Å². The van der Waals surface area contributed by atoms with Gasteiger partial charge >= 0.3 is 0 Å². The molecule has 0 radical (unpaired) electrons. The Morgan fingerprint density at radius 3 is 2.55 bits per heavy atom. The normalized spacial score (nSPS) is 15.8. The number of anilines is 2. The minimum atomic E-state index is -0.481. The number of hydrogen-bond donors (Lipinski definition) is 1. The predicted molar refractivity (Wildman–Crippen MR) is 123 cm³/mol. The van der Waals surface area contributed by atoms with Gasteiger partial charge in [0.05, 0.1) is 16.6 Å². The Labute approximate surface area is 190 Å². The van der Waals surface area contributed by atoms with E-state index in [0.717, 1.165) is 11.3 Å². The van der Waals surface area contributed by atoms with Gasteiger partial charge in [-0.1, -0.05) is 41.4 Å². The molecule has 0 saturated carbocycles. The molecule has 2 amide bonds. The van der Waals surface area contributed by atoms with Gasteiger partial charge in [-0.05, 0) is 61.0 Å². The van der Waals surface area contributed by atoms with Crippen molar-refractivity contribution in [2.75, 3.05) is 16.8 Å². The summed E-state index contributed by atoms with van der Waals surface area (Å²) in [4.78, 5) is 26.7. The first kappa shape index (κ1) is 21.2. The third kappa shape index (κ3) is 4.84. The summed E-state index contributed by atoms with van der Waals surface area (Å²) in [5.74, 6) is 0.590. The molecular formula is C24H20Cl2N2O3. The molecule has 0 aromatic heterocycles. The van der Waals surface area contributed by atoms with Gasteiger partial charge in [-0.3, -0.25) is 9.59 Å². The molecule has 1 heterocycles. The van der Waals surface area contributed by atoms with Crippen LogP contribution in [0.1, 0.15) is 12.0 Å². The summed E-state index contributed by atoms with van der Waals surface area (Å²) < 4.78 is 5.88. The van der Waals surface area contributed by atoms with Crippen LogP contribution in [0, 0.1) is 12.8 Å². The molecule has 158 valence electrons. The number of benzene rings is 3. The van der Waals surface area contributed by atoms with E-state index in [0.29, 0.717) is 27.2 Å². The fraction of sp³-hybridized carbons (Fsp3) is 0.167. The topological polar surface area (TPSA) is 58.6 Å². The molecule has 31 heavy (non-hydrogen) atoms. The second-order valence-electron chi connectivity index (χ2n) is 7.38. The number of nitrogens with one attached hydrogen (secondary N) is 1. The number of para-hydroxylation sites is 1. The maximum atomic E-state index is 12.7. The zero-order chi connectivity index (χ0) is 22.0. The molecule has 1 atom stereocenters. The van der Waals surface area contributed by atoms with E-state index in [2.05, 4.69) is 5.32 Å². The summed E-state index contributed by atoms with van der Waals surface area (Å²) >= 11 is 12.3. The molecule has 4 rings (SSSR count). The molecule has 1 saturated heterocycles. The van der Waals surface area contributed by atoms with E-state index in [1.165, 1.54) is 4.90 Å². The van der Waals surface area contributed by atoms with E-state index >= 15 is 0 Å². The maximum absolute atomic E-state index is 12.7. The van der Waals surface area contributed by atoms with Crippen molar-refractivity contribution in [2.45, 2.75) is 13.3 Å². The zero-order valence-corrected chi connectivity index (χ0v) is 18.3. The Bertz CT molecular complexity index is 1130. The van der Waals surface area contributed by atoms with E-state index in [4.69, 9.17) is 27.9 Å². The van der Waals surface area contributed by atoms with Gasteiger partial charge in [-0.15, -0.1) is 0 Å². The maximum Gasteiger partial charge on any atom is 0.229 e. The van der Waals surface area contributed by atoms with Crippen LogP contribution in [0.25, 0.3) is 0 Å². The van der Waals surface area contributed by atoms with Gasteiger partial charge < -0.3 is 15.0 Å². The number of carbonyl (C=O) groups is 2. The van der Waals surface area contributed by atoms with E-state index in [1.807, 2.05) is 31.2 Å². The molecule has 3 aromatic rings. The minimum Gasteiger partial charge on any atom is -0.457 e. The van der Waals surface area contributed by atoms with E-state index in [-0.39, 0.29) is 24.8 Å². The number of halogens is 2. The van der Waals surface area contributed by atoms with Crippen molar-refractivity contribution in [2.24, 2.45) is 5.92 Å². The van der Waals surface area contributed by atoms with Crippen molar-refractivity contribution in [1.29, 1.82) is 0 Å². The van der Waals surface area contributed by atoms with Crippen molar-refractivity contribution >= 4 is 46.4 Å². The number of ether oxygens (including phenoxy) is 1. The lowest BCUT2D eigenvalue weighted by atomic mass is 10.1. The molecular weight excluding hydrogens is 435 g/mol. The zero-order valence-electron chi connectivity index (χ0n) is 16.8. The highest BCUT2D eigenvalue weighted by molar-refractivity contribution is 6.36. The summed E-state index contributed by atoms with van der Waals surface area (Å²) in [7, 11) is 0. The van der Waals surface area contributed by atoms with Gasteiger partial charge in [0.25, 0.3) is 0 Å². The summed E-state index contributed by atoms with van der Waals surface area (Å²) in [6.07, 6.45) is 0.114. The predicted octanol–water partition coefficient (Wildman–Crippen LogP) is 6.09. The summed E-state index contributed by atoms with van der Waals surface area (Å²) in [5.41, 5.74) is 2.19. The standard InChI is InChI=1S/C24H20Cl2N2O3/c1-15-4-2-3-5-22(15)31-19-9-7-18(8-10-19)27-24(30)16-12-23(29)28(14-16)21-13-17(25)6-11-20(21)26/h2-11,13,16H,12,14H2,1H3,(H,27,30)/t16-/m0/s1. The van der Waals surface area contributed by atoms with E-state index in [1.54, 1.807) is 42.5 Å². The molecule has 1 aliphatic rings. The van der Waals surface area contributed by atoms with Crippen molar-refractivity contribution in [3.05, 3.63) is 82.3 Å². The molecule has 5 nitrogen and oxygen atoms in total. The average molecular weight is 455 g/mol. The van der Waals surface area contributed by atoms with E-state index < -0.39 is 5.92 Å². The Balaban J connectivity index is 1.40. The van der Waals surface area contributed by atoms with Crippen LogP contribution >= 0.6 is 23.2 Å². The SMILES string of the molecule is Cc1ccccc1Oc1ccc(NC(=O)[C@H]2CC(=O)N(c3cc(Cl)ccc3Cl)C2)cc1. The number of carbonyl (C=O) groups excluding carboxylic acids is 2. The minimum absolute atomic E-state index is 0.114. The Kier molecular flexibility index (Phi) is 6.16. The number of aryl methyl sites for hydroxylation is 1. The first-order chi connectivity index (χ1) is 14.9. The van der Waals surface area contributed by atoms with Crippen LogP contribution in [0.5, 0.6) is 11.5 Å². The lowest BCUT2D eigenvalue weighted by Crippen LogP contribution is -2.28. The van der Waals surface area contributed by atoms with Crippen molar-refractivity contribution in [1.82, 2.24) is 0 Å². The quantitative estimate of drug-likeness (QED) is 0.507. The first-order valence-electron chi connectivity index (χ1n) is 9.80. The molecule has 1 fully saturated rings. The molecule has 7 heteroatoms. The van der Waals surface area contributed by atoms with Crippen LogP contribution in [-0.2, 0) is 9.59 Å². The van der Waals surface area contributed by atoms with Crippen molar-refractivity contribution < 1.29 is 14.3 Å². The summed E-state index contributed by atoms with van der Waals surface area (Å²) in [6.45, 7) is 2.23. The number of hydrogen-bond acceptors (Lipinski definition) is 3. The van der Waals surface area contributed by atoms with Gasteiger partial charge in [-0.2, -0.15) is 0 Å². The third-order valence-electron chi connectivity index (χ3n) is 5.14. The highest BCUT2D eigenvalue weighted by Crippen LogP contribution is 2.34. The summed E-state index contributed by atoms with van der Waals surface area (Å²) in [5, 5.41) is 3.77. The second kappa shape index (κ2) is 9.00. The average Bonchev–Trinajstić information content (AvgIpc) is 3.14. The number of rotatable bonds is 5. The van der Waals surface area contributed by atoms with E-state index in [9.17, 15) is 9.59 Å². The largest absolute Gasteiger partial charge is 0.457 e. The third-order valence-corrected chi connectivity index (χ3v) is 5.69. The molecule has 0 aliphatic carbocycles.